The molecule has 2 N–H and O–H groups in total. The first-order chi connectivity index (χ1) is 8.53. The van der Waals surface area contributed by atoms with Gasteiger partial charge in [0.2, 0.25) is 5.91 Å². The molecule has 0 bridgehead atoms. The maximum absolute atomic E-state index is 11.7. The van der Waals surface area contributed by atoms with Crippen molar-refractivity contribution in [2.75, 3.05) is 18.6 Å². The van der Waals surface area contributed by atoms with Crippen LogP contribution in [-0.2, 0) is 4.79 Å². The number of carbonyl (C=O) groups is 1. The van der Waals surface area contributed by atoms with Crippen molar-refractivity contribution < 1.29 is 9.90 Å². The maximum Gasteiger partial charge on any atom is 0.220 e. The molecule has 1 amide bonds. The molecule has 1 atom stereocenters. The van der Waals surface area contributed by atoms with Crippen LogP contribution in [0.4, 0.5) is 0 Å². The summed E-state index contributed by atoms with van der Waals surface area (Å²) in [6, 6.07) is 0. The van der Waals surface area contributed by atoms with Crippen LogP contribution < -0.4 is 5.32 Å². The zero-order chi connectivity index (χ0) is 13.4. The Kier molecular flexibility index (Phi) is 7.08. The van der Waals surface area contributed by atoms with Gasteiger partial charge in [-0.15, -0.1) is 0 Å². The van der Waals surface area contributed by atoms with Gasteiger partial charge in [-0.25, -0.2) is 0 Å². The van der Waals surface area contributed by atoms with E-state index in [9.17, 15) is 9.90 Å². The summed E-state index contributed by atoms with van der Waals surface area (Å²) in [4.78, 5) is 11.7. The molecule has 0 aromatic heterocycles. The van der Waals surface area contributed by atoms with E-state index in [2.05, 4.69) is 5.32 Å². The molecule has 1 saturated carbocycles. The number of nitrogens with one attached hydrogen (secondary N) is 1. The topological polar surface area (TPSA) is 49.3 Å². The Morgan fingerprint density at radius 2 is 2.06 bits per heavy atom. The monoisotopic (exact) mass is 273 g/mol. The lowest BCUT2D eigenvalue weighted by Crippen LogP contribution is -2.42. The molecule has 0 aromatic rings. The standard InChI is InChI=1S/C14H27NO2S/c1-14(17,11-18-2)10-15-13(16)9-8-12-6-4-3-5-7-12/h12,17H,3-11H2,1-2H3,(H,15,16)/t14-/m0/s1. The van der Waals surface area contributed by atoms with Crippen molar-refractivity contribution in [3.63, 3.8) is 0 Å². The van der Waals surface area contributed by atoms with Crippen molar-refractivity contribution >= 4 is 17.7 Å². The fourth-order valence-electron chi connectivity index (χ4n) is 2.55. The van der Waals surface area contributed by atoms with E-state index >= 15 is 0 Å². The molecule has 106 valence electrons. The molecule has 0 heterocycles. The highest BCUT2D eigenvalue weighted by Crippen LogP contribution is 2.27. The molecule has 0 spiro atoms. The van der Waals surface area contributed by atoms with Crippen molar-refractivity contribution in [1.82, 2.24) is 5.32 Å². The van der Waals surface area contributed by atoms with E-state index in [1.54, 1.807) is 18.7 Å². The van der Waals surface area contributed by atoms with Gasteiger partial charge >= 0.3 is 0 Å². The molecule has 3 nitrogen and oxygen atoms in total. The van der Waals surface area contributed by atoms with Crippen molar-refractivity contribution in [3.05, 3.63) is 0 Å². The number of hydrogen-bond acceptors (Lipinski definition) is 3. The Bertz CT molecular complexity index is 250. The fraction of sp³-hybridized carbons (Fsp3) is 0.929. The van der Waals surface area contributed by atoms with E-state index in [1.807, 2.05) is 6.26 Å². The quantitative estimate of drug-likeness (QED) is 0.749. The van der Waals surface area contributed by atoms with Crippen LogP contribution in [0.1, 0.15) is 51.9 Å². The second kappa shape index (κ2) is 8.05. The summed E-state index contributed by atoms with van der Waals surface area (Å²) in [6.45, 7) is 2.13. The molecule has 18 heavy (non-hydrogen) atoms. The number of carbonyl (C=O) groups excluding carboxylic acids is 1. The lowest BCUT2D eigenvalue weighted by atomic mass is 9.86. The van der Waals surface area contributed by atoms with Crippen molar-refractivity contribution in [1.29, 1.82) is 0 Å². The highest BCUT2D eigenvalue weighted by atomic mass is 32.2. The Labute approximate surface area is 115 Å². The second-order valence-electron chi connectivity index (χ2n) is 5.75. The number of aliphatic hydroxyl groups is 1. The molecule has 0 aromatic carbocycles. The minimum atomic E-state index is -0.792. The summed E-state index contributed by atoms with van der Waals surface area (Å²) in [5.74, 6) is 1.48. The van der Waals surface area contributed by atoms with Gasteiger partial charge < -0.3 is 10.4 Å². The first-order valence-electron chi connectivity index (χ1n) is 7.01. The van der Waals surface area contributed by atoms with Gasteiger partial charge in [0.05, 0.1) is 5.60 Å². The predicted octanol–water partition coefficient (Wildman–Crippen LogP) is 2.58. The van der Waals surface area contributed by atoms with Crippen LogP contribution in [0.2, 0.25) is 0 Å². The Morgan fingerprint density at radius 1 is 1.39 bits per heavy atom. The Balaban J connectivity index is 2.13. The predicted molar refractivity (Wildman–Crippen MR) is 77.8 cm³/mol. The van der Waals surface area contributed by atoms with Crippen molar-refractivity contribution in [2.45, 2.75) is 57.5 Å². The van der Waals surface area contributed by atoms with E-state index < -0.39 is 5.60 Å². The minimum absolute atomic E-state index is 0.0851. The van der Waals surface area contributed by atoms with Crippen molar-refractivity contribution in [2.24, 2.45) is 5.92 Å². The van der Waals surface area contributed by atoms with Gasteiger partial charge in [-0.05, 0) is 25.5 Å². The van der Waals surface area contributed by atoms with E-state index in [-0.39, 0.29) is 5.91 Å². The average molecular weight is 273 g/mol. The Hall–Kier alpha value is -0.220. The number of hydrogen-bond donors (Lipinski definition) is 2. The first kappa shape index (κ1) is 15.8. The lowest BCUT2D eigenvalue weighted by molar-refractivity contribution is -0.122. The van der Waals surface area contributed by atoms with E-state index in [0.717, 1.165) is 12.3 Å². The highest BCUT2D eigenvalue weighted by molar-refractivity contribution is 7.98. The summed E-state index contributed by atoms with van der Waals surface area (Å²) in [6.07, 6.45) is 10.2. The van der Waals surface area contributed by atoms with Gasteiger partial charge in [-0.2, -0.15) is 11.8 Å². The molecule has 0 radical (unpaired) electrons. The summed E-state index contributed by atoms with van der Waals surface area (Å²) in [7, 11) is 0. The molecule has 0 saturated heterocycles. The number of thioether (sulfide) groups is 1. The third-order valence-corrected chi connectivity index (χ3v) is 4.54. The highest BCUT2D eigenvalue weighted by Gasteiger charge is 2.21. The summed E-state index contributed by atoms with van der Waals surface area (Å²) in [5.41, 5.74) is -0.792. The van der Waals surface area contributed by atoms with Crippen LogP contribution in [0, 0.1) is 5.92 Å². The zero-order valence-corrected chi connectivity index (χ0v) is 12.5. The smallest absolute Gasteiger partial charge is 0.220 e. The van der Waals surface area contributed by atoms with E-state index in [1.165, 1.54) is 32.1 Å². The van der Waals surface area contributed by atoms with Gasteiger partial charge in [0.25, 0.3) is 0 Å². The molecule has 1 aliphatic rings. The molecule has 1 fully saturated rings. The average Bonchev–Trinajstić information content (AvgIpc) is 2.35. The van der Waals surface area contributed by atoms with Gasteiger partial charge in [0, 0.05) is 18.7 Å². The van der Waals surface area contributed by atoms with Gasteiger partial charge in [0.1, 0.15) is 0 Å². The number of amides is 1. The molecular formula is C14H27NO2S. The summed E-state index contributed by atoms with van der Waals surface area (Å²) < 4.78 is 0. The molecule has 4 heteroatoms. The SMILES string of the molecule is CSC[C@@](C)(O)CNC(=O)CCC1CCCCC1. The second-order valence-corrected chi connectivity index (χ2v) is 6.62. The lowest BCUT2D eigenvalue weighted by Gasteiger charge is -2.23. The first-order valence-corrected chi connectivity index (χ1v) is 8.41. The minimum Gasteiger partial charge on any atom is -0.387 e. The van der Waals surface area contributed by atoms with E-state index in [4.69, 9.17) is 0 Å². The van der Waals surface area contributed by atoms with Crippen molar-refractivity contribution in [3.8, 4) is 0 Å². The summed E-state index contributed by atoms with van der Waals surface area (Å²) in [5, 5.41) is 12.8. The normalized spacial score (nSPS) is 20.4. The van der Waals surface area contributed by atoms with Crippen LogP contribution in [0.3, 0.4) is 0 Å². The van der Waals surface area contributed by atoms with Crippen LogP contribution >= 0.6 is 11.8 Å². The van der Waals surface area contributed by atoms with Gasteiger partial charge in [0.15, 0.2) is 0 Å². The van der Waals surface area contributed by atoms with Gasteiger partial charge in [-0.3, -0.25) is 4.79 Å². The fourth-order valence-corrected chi connectivity index (χ4v) is 3.27. The molecule has 0 aliphatic heterocycles. The maximum atomic E-state index is 11.7. The van der Waals surface area contributed by atoms with Crippen LogP contribution in [0.25, 0.3) is 0 Å². The molecule has 0 unspecified atom stereocenters. The third-order valence-electron chi connectivity index (χ3n) is 3.63. The van der Waals surface area contributed by atoms with E-state index in [0.29, 0.717) is 18.7 Å². The molecule has 1 rings (SSSR count). The number of rotatable bonds is 7. The van der Waals surface area contributed by atoms with Gasteiger partial charge in [-0.1, -0.05) is 32.1 Å². The zero-order valence-electron chi connectivity index (χ0n) is 11.7. The molecular weight excluding hydrogens is 246 g/mol. The Morgan fingerprint density at radius 3 is 2.67 bits per heavy atom. The third kappa shape index (κ3) is 6.64. The summed E-state index contributed by atoms with van der Waals surface area (Å²) >= 11 is 1.60. The largest absolute Gasteiger partial charge is 0.387 e. The molecule has 1 aliphatic carbocycles. The van der Waals surface area contributed by atoms with Crippen LogP contribution in [0.15, 0.2) is 0 Å². The van der Waals surface area contributed by atoms with Crippen LogP contribution in [-0.4, -0.2) is 35.2 Å². The van der Waals surface area contributed by atoms with Crippen LogP contribution in [0.5, 0.6) is 0 Å².